The molecule has 9 atom stereocenters. The Labute approximate surface area is 591 Å². The number of carbonyl (C=O) groups is 3. The first kappa shape index (κ1) is 81.3. The molecule has 554 valence electrons. The van der Waals surface area contributed by atoms with Crippen LogP contribution in [0.3, 0.4) is 0 Å². The highest BCUT2D eigenvalue weighted by Crippen LogP contribution is 2.71. The van der Waals surface area contributed by atoms with Crippen LogP contribution < -0.4 is 42.5 Å². The number of unbranched alkanes of at least 4 members (excludes halogenated alkanes) is 5. The molecule has 12 N–H and O–H groups in total. The number of ether oxygens (including phenoxy) is 2. The van der Waals surface area contributed by atoms with Gasteiger partial charge in [0.05, 0.1) is 62.3 Å². The highest BCUT2D eigenvalue weighted by Gasteiger charge is 2.47. The number of halogens is 3. The molecule has 0 aliphatic carbocycles. The van der Waals surface area contributed by atoms with E-state index in [4.69, 9.17) is 53.8 Å². The summed E-state index contributed by atoms with van der Waals surface area (Å²) in [6, 6.07) is 3.01. The minimum absolute atomic E-state index is 0.0840. The number of amides is 2. The summed E-state index contributed by atoms with van der Waals surface area (Å²) in [4.78, 5) is 109. The summed E-state index contributed by atoms with van der Waals surface area (Å²) in [5, 5.41) is 28.3. The van der Waals surface area contributed by atoms with Gasteiger partial charge in [0.1, 0.15) is 12.3 Å². The van der Waals surface area contributed by atoms with Crippen LogP contribution in [0.4, 0.5) is 5.69 Å². The number of aliphatic hydroxyl groups excluding tert-OH is 1. The fourth-order valence-electron chi connectivity index (χ4n) is 12.3. The average Bonchev–Trinajstić information content (AvgIpc) is 0.767. The summed E-state index contributed by atoms with van der Waals surface area (Å²) in [5.74, 6) is -6.83. The van der Waals surface area contributed by atoms with Crippen molar-refractivity contribution in [3.63, 3.8) is 0 Å². The zero-order valence-corrected chi connectivity index (χ0v) is 62.8. The maximum absolute atomic E-state index is 13.8. The minimum Gasteiger partial charge on any atom is -0.478 e. The van der Waals surface area contributed by atoms with E-state index in [2.05, 4.69) is 29.1 Å². The number of anilines is 1. The molecule has 2 amide bonds. The smallest absolute Gasteiger partial charge is 0.478 e. The molecule has 1 saturated heterocycles. The Kier molecular flexibility index (Phi) is 25.5. The second-order valence-corrected chi connectivity index (χ2v) is 37.9. The van der Waals surface area contributed by atoms with Crippen LogP contribution >= 0.6 is 77.4 Å². The Hall–Kier alpha value is -4.42. The van der Waals surface area contributed by atoms with E-state index in [9.17, 15) is 98.0 Å². The lowest BCUT2D eigenvalue weighted by molar-refractivity contribution is -0.121. The second-order valence-electron chi connectivity index (χ2n) is 25.7. The number of phosphoric ester groups is 1. The fourth-order valence-corrected chi connectivity index (χ4v) is 22.4. The van der Waals surface area contributed by atoms with Gasteiger partial charge in [0.15, 0.2) is 27.2 Å². The van der Waals surface area contributed by atoms with Gasteiger partial charge < -0.3 is 59.7 Å². The molecule has 43 heteroatoms. The molecule has 0 bridgehead atoms. The monoisotopic (exact) mass is 1600 g/mol. The Morgan fingerprint density at radius 2 is 1.41 bits per heavy atom. The van der Waals surface area contributed by atoms with Crippen molar-refractivity contribution in [1.82, 2.24) is 20.2 Å². The molecule has 8 rings (SSSR count). The van der Waals surface area contributed by atoms with Gasteiger partial charge in [-0.05, 0) is 108 Å². The van der Waals surface area contributed by atoms with Crippen molar-refractivity contribution < 1.29 is 116 Å². The maximum Gasteiger partial charge on any atom is 0.488 e. The van der Waals surface area contributed by atoms with Crippen molar-refractivity contribution in [2.24, 2.45) is 4.99 Å². The molecule has 4 aliphatic rings. The zero-order valence-electron chi connectivity index (χ0n) is 54.5. The third-order valence-corrected chi connectivity index (χ3v) is 28.1. The average molecular weight is 1600 g/mol. The number of carbonyl (C=O) groups excluding carboxylic acids is 2. The molecule has 7 unspecified atom stereocenters. The van der Waals surface area contributed by atoms with E-state index in [-0.39, 0.29) is 92.5 Å². The zero-order chi connectivity index (χ0) is 74.4. The molecule has 1 fully saturated rings. The summed E-state index contributed by atoms with van der Waals surface area (Å²) in [7, 11) is -33.0. The number of aliphatic hydroxyl groups is 1. The number of aryl methyl sites for hydroxylation is 1. The van der Waals surface area contributed by atoms with Crippen LogP contribution in [0.5, 0.6) is 11.5 Å². The van der Waals surface area contributed by atoms with Crippen LogP contribution in [-0.2, 0) is 70.5 Å². The van der Waals surface area contributed by atoms with Crippen molar-refractivity contribution >= 4 is 127 Å². The maximum atomic E-state index is 13.8. The summed E-state index contributed by atoms with van der Waals surface area (Å²) < 4.78 is 158. The number of carboxylic acids is 1. The van der Waals surface area contributed by atoms with Crippen LogP contribution in [0.15, 0.2) is 47.6 Å². The van der Waals surface area contributed by atoms with Crippen LogP contribution in [0, 0.1) is 6.92 Å². The number of H-pyrrole nitrogens is 1. The van der Waals surface area contributed by atoms with E-state index in [1.807, 2.05) is 4.98 Å². The van der Waals surface area contributed by atoms with Gasteiger partial charge >= 0.3 is 42.5 Å². The van der Waals surface area contributed by atoms with Gasteiger partial charge in [-0.1, -0.05) is 67.9 Å². The molecular weight excluding hydrogens is 1530 g/mol. The number of thioether (sulfide) groups is 1. The topological polar surface area (TPSA) is 508 Å². The Bertz CT molecular complexity index is 4660. The molecule has 4 aliphatic heterocycles. The van der Waals surface area contributed by atoms with Gasteiger partial charge in [-0.25, -0.2) is 23.0 Å². The van der Waals surface area contributed by atoms with Crippen LogP contribution in [0.25, 0.3) is 5.57 Å². The molecule has 3 aromatic carbocycles. The number of phosphoric acid groups is 2. The van der Waals surface area contributed by atoms with Gasteiger partial charge in [0.2, 0.25) is 11.8 Å². The Morgan fingerprint density at radius 1 is 0.790 bits per heavy atom. The number of hydrogen-bond acceptors (Lipinski definition) is 23. The van der Waals surface area contributed by atoms with Gasteiger partial charge in [0, 0.05) is 70.0 Å². The second kappa shape index (κ2) is 31.3. The molecule has 0 saturated carbocycles. The van der Waals surface area contributed by atoms with E-state index in [0.717, 1.165) is 22.5 Å². The highest BCUT2D eigenvalue weighted by atomic mass is 35.5. The normalized spacial score (nSPS) is 21.6. The summed E-state index contributed by atoms with van der Waals surface area (Å²) in [5.41, 5.74) is -4.10. The third-order valence-electron chi connectivity index (χ3n) is 16.4. The number of aromatic carboxylic acids is 1. The molecule has 100 heavy (non-hydrogen) atoms. The number of hydrogen-bond donors (Lipinski definition) is 12. The first-order chi connectivity index (χ1) is 46.1. The van der Waals surface area contributed by atoms with Crippen LogP contribution in [-0.4, -0.2) is 144 Å². The number of aromatic nitrogens is 2. The van der Waals surface area contributed by atoms with Crippen LogP contribution in [0.2, 0.25) is 15.1 Å². The van der Waals surface area contributed by atoms with Crippen molar-refractivity contribution in [2.45, 2.75) is 175 Å². The molecule has 33 nitrogen and oxygen atoms in total. The van der Waals surface area contributed by atoms with Crippen molar-refractivity contribution in [2.75, 3.05) is 43.3 Å². The molecule has 4 aromatic rings. The molecule has 1 aromatic heterocycles. The summed E-state index contributed by atoms with van der Waals surface area (Å²) in [6.45, 7) is 11.0. The SMILES string of the molecule is Cc1cn([C@H]2CC(O)[C@@H](COP(=O)(O)OP(=O)(O)OP(=O)(O)CP(=O)(O)OCCCCCCNC(=O)CCCCCNC(=O)CSc3c(Cl)c(Cl)c(C(=O)O)c(C4=c5cc6c(c(S(=O)(=O)O)c5Oc5c4cc4c(c5S(=O)(=O)O)NC(C)(C)CC4C)=NC(C)(C)CC6C)c3Cl)O2)c(=O)[nH]c1=O. The molecule has 5 heterocycles. The van der Waals surface area contributed by atoms with E-state index >= 15 is 0 Å². The third kappa shape index (κ3) is 19.7. The van der Waals surface area contributed by atoms with E-state index in [1.165, 1.54) is 19.1 Å². The Balaban J connectivity index is 0.812. The number of aromatic amines is 1. The van der Waals surface area contributed by atoms with Crippen molar-refractivity contribution in [3.8, 4) is 11.5 Å². The van der Waals surface area contributed by atoms with E-state index < -0.39 is 177 Å². The minimum atomic E-state index is -6.01. The fraction of sp³-hybridized carbons (Fsp3) is 0.544. The standard InChI is InChI=1S/C57H75Cl3N6O27P4S3/c1-28-22-56(4,5)64-46-31(28)19-33-40(34-20-32-29(2)23-57(6,7)65-47(32)52(100(85,86)87)49(34)91-48(33)51(46)99(82,83)84)41-42(54(71)72)43(58)45(60)50(44(41)59)98-26-38(69)62-17-13-10-11-15-37(68)61-16-12-8-9-14-18-88-94(74,75)27-95(76,77)92-97(80,81)93-96(78,79)89-25-36-35(67)21-39(90-36)66-24-30(3)53(70)63-55(66)73/h19-20,24,28-29,35-36,39,64,67H,8-18,21-23,25-27H2,1-7H3,(H,61,68)(H,62,69)(H,71,72)(H,74,75)(H,76,77)(H,78,79)(H,80,81)(H,63,70,73)(H,82,83,84)(H,85,86,87)/t28?,29?,35?,36-,39-/m1/s1. The lowest BCUT2D eigenvalue weighted by Gasteiger charge is -2.40. The number of nitrogens with zero attached hydrogens (tertiary/aromatic N) is 2. The Morgan fingerprint density at radius 3 is 2.05 bits per heavy atom. The summed E-state index contributed by atoms with van der Waals surface area (Å²) >= 11 is 21.8. The van der Waals surface area contributed by atoms with Gasteiger partial charge in [-0.2, -0.15) is 21.1 Å². The summed E-state index contributed by atoms with van der Waals surface area (Å²) in [6.07, 6.45) is 0.616. The lowest BCUT2D eigenvalue weighted by atomic mass is 9.79. The quantitative estimate of drug-likeness (QED) is 0.00651. The highest BCUT2D eigenvalue weighted by molar-refractivity contribution is 8.00. The number of rotatable bonds is 31. The van der Waals surface area contributed by atoms with E-state index in [1.54, 1.807) is 41.5 Å². The largest absolute Gasteiger partial charge is 0.488 e. The van der Waals surface area contributed by atoms with Gasteiger partial charge in [0.25, 0.3) is 25.8 Å². The van der Waals surface area contributed by atoms with Crippen LogP contribution in [0.1, 0.15) is 168 Å². The molecular formula is C57H75Cl3N6O27P4S3. The number of benzene rings is 3. The van der Waals surface area contributed by atoms with Crippen molar-refractivity contribution in [1.29, 1.82) is 0 Å². The van der Waals surface area contributed by atoms with E-state index in [0.29, 0.717) is 56.9 Å². The lowest BCUT2D eigenvalue weighted by Crippen LogP contribution is -2.39. The van der Waals surface area contributed by atoms with Crippen molar-refractivity contribution in [3.05, 3.63) is 98.2 Å². The predicted octanol–water partition coefficient (Wildman–Crippen LogP) is 8.34. The number of nitrogens with one attached hydrogen (secondary N) is 4. The number of fused-ring (bicyclic) bond motifs is 4. The number of carboxylic acid groups (broad SMARTS) is 1. The first-order valence-corrected chi connectivity index (χ1v) is 42.3. The predicted molar refractivity (Wildman–Crippen MR) is 364 cm³/mol. The molecule has 0 spiro atoms. The van der Waals surface area contributed by atoms with Gasteiger partial charge in [-0.3, -0.25) is 51.7 Å². The molecule has 0 radical (unpaired) electrons. The first-order valence-electron chi connectivity index (χ1n) is 30.8. The van der Waals surface area contributed by atoms with Gasteiger partial charge in [-0.15, -0.1) is 11.8 Å².